The van der Waals surface area contributed by atoms with E-state index in [1.807, 2.05) is 19.1 Å². The fourth-order valence-corrected chi connectivity index (χ4v) is 5.64. The molecule has 3 aliphatic heterocycles. The quantitative estimate of drug-likeness (QED) is 0.470. The summed E-state index contributed by atoms with van der Waals surface area (Å²) < 4.78 is 50.4. The van der Waals surface area contributed by atoms with Crippen molar-refractivity contribution in [3.05, 3.63) is 59.2 Å². The van der Waals surface area contributed by atoms with E-state index >= 15 is 0 Å². The van der Waals surface area contributed by atoms with Gasteiger partial charge in [-0.1, -0.05) is 17.7 Å². The van der Waals surface area contributed by atoms with Crippen LogP contribution in [0.1, 0.15) is 36.6 Å². The number of halogens is 3. The minimum atomic E-state index is -4.56. The van der Waals surface area contributed by atoms with E-state index in [1.54, 1.807) is 13.0 Å². The van der Waals surface area contributed by atoms with Gasteiger partial charge >= 0.3 is 18.2 Å². The number of aryl methyl sites for hydroxylation is 1. The number of ether oxygens (including phenoxy) is 2. The van der Waals surface area contributed by atoms with E-state index in [0.717, 1.165) is 34.7 Å². The SMILES string of the molecule is CCOC(=O)[C@@H]1[C@H]2COc3ccc(C)cc3[C@@H]2N2C(=O)N(c3ccc(C(F)(F)F)cc3)C(=O)[C@@]12C. The summed E-state index contributed by atoms with van der Waals surface area (Å²) in [5.74, 6) is -2.31. The Morgan fingerprint density at radius 3 is 2.49 bits per heavy atom. The molecule has 10 heteroatoms. The molecule has 0 bridgehead atoms. The molecule has 2 fully saturated rings. The van der Waals surface area contributed by atoms with Crippen molar-refractivity contribution < 1.29 is 37.0 Å². The predicted octanol–water partition coefficient (Wildman–Crippen LogP) is 4.48. The highest BCUT2D eigenvalue weighted by atomic mass is 19.4. The molecular weight excluding hydrogens is 465 g/mol. The van der Waals surface area contributed by atoms with E-state index in [0.29, 0.717) is 11.3 Å². The van der Waals surface area contributed by atoms with Gasteiger partial charge in [-0.3, -0.25) is 9.59 Å². The van der Waals surface area contributed by atoms with Crippen LogP contribution in [-0.2, 0) is 20.5 Å². The molecule has 5 rings (SSSR count). The smallest absolute Gasteiger partial charge is 0.416 e. The van der Waals surface area contributed by atoms with Gasteiger partial charge in [-0.15, -0.1) is 0 Å². The van der Waals surface area contributed by atoms with E-state index in [4.69, 9.17) is 9.47 Å². The van der Waals surface area contributed by atoms with Crippen LogP contribution in [0.5, 0.6) is 5.75 Å². The number of carbonyl (C=O) groups excluding carboxylic acids is 3. The number of nitrogens with zero attached hydrogens (tertiary/aromatic N) is 2. The van der Waals surface area contributed by atoms with Crippen LogP contribution in [0.3, 0.4) is 0 Å². The Balaban J connectivity index is 1.64. The molecule has 0 aliphatic carbocycles. The number of alkyl halides is 3. The van der Waals surface area contributed by atoms with Crippen LogP contribution in [0.15, 0.2) is 42.5 Å². The van der Waals surface area contributed by atoms with E-state index in [2.05, 4.69) is 0 Å². The van der Waals surface area contributed by atoms with E-state index < -0.39 is 53.1 Å². The molecule has 0 saturated carbocycles. The maximum Gasteiger partial charge on any atom is 0.416 e. The van der Waals surface area contributed by atoms with Crippen molar-refractivity contribution in [1.29, 1.82) is 0 Å². The van der Waals surface area contributed by atoms with Crippen molar-refractivity contribution in [3.63, 3.8) is 0 Å². The summed E-state index contributed by atoms with van der Waals surface area (Å²) in [6, 6.07) is 7.97. The number of esters is 1. The lowest BCUT2D eigenvalue weighted by Gasteiger charge is -2.34. The molecule has 0 unspecified atom stereocenters. The summed E-state index contributed by atoms with van der Waals surface area (Å²) in [7, 11) is 0. The van der Waals surface area contributed by atoms with Crippen molar-refractivity contribution >= 4 is 23.6 Å². The lowest BCUT2D eigenvalue weighted by atomic mass is 9.77. The third-order valence-electron chi connectivity index (χ3n) is 7.16. The second-order valence-corrected chi connectivity index (χ2v) is 9.18. The van der Waals surface area contributed by atoms with Crippen molar-refractivity contribution in [2.75, 3.05) is 18.1 Å². The highest BCUT2D eigenvalue weighted by molar-refractivity contribution is 6.24. The fraction of sp³-hybridized carbons (Fsp3) is 0.400. The van der Waals surface area contributed by atoms with Crippen LogP contribution in [0, 0.1) is 18.8 Å². The minimum Gasteiger partial charge on any atom is -0.493 e. The van der Waals surface area contributed by atoms with Gasteiger partial charge < -0.3 is 14.4 Å². The van der Waals surface area contributed by atoms with Gasteiger partial charge in [0.1, 0.15) is 11.3 Å². The summed E-state index contributed by atoms with van der Waals surface area (Å²) in [6.07, 6.45) is -4.56. The molecular formula is C25H23F3N2O5. The van der Waals surface area contributed by atoms with Gasteiger partial charge in [0.05, 0.1) is 36.4 Å². The molecule has 2 aromatic carbocycles. The first-order chi connectivity index (χ1) is 16.5. The number of rotatable bonds is 3. The minimum absolute atomic E-state index is 0.000640. The number of imide groups is 1. The summed E-state index contributed by atoms with van der Waals surface area (Å²) in [4.78, 5) is 43.0. The Hall–Kier alpha value is -3.56. The van der Waals surface area contributed by atoms with Crippen LogP contribution in [0.2, 0.25) is 0 Å². The molecule has 35 heavy (non-hydrogen) atoms. The van der Waals surface area contributed by atoms with Crippen LogP contribution in [-0.4, -0.2) is 41.6 Å². The summed E-state index contributed by atoms with van der Waals surface area (Å²) in [5.41, 5.74) is -0.915. The van der Waals surface area contributed by atoms with Crippen molar-refractivity contribution in [2.24, 2.45) is 11.8 Å². The first-order valence-corrected chi connectivity index (χ1v) is 11.2. The number of anilines is 1. The zero-order valence-electron chi connectivity index (χ0n) is 19.3. The van der Waals surface area contributed by atoms with Crippen LogP contribution >= 0.6 is 0 Å². The van der Waals surface area contributed by atoms with Gasteiger partial charge in [0, 0.05) is 11.5 Å². The van der Waals surface area contributed by atoms with Gasteiger partial charge in [-0.25, -0.2) is 9.69 Å². The zero-order chi connectivity index (χ0) is 25.3. The van der Waals surface area contributed by atoms with Crippen LogP contribution in [0.25, 0.3) is 0 Å². The van der Waals surface area contributed by atoms with Crippen LogP contribution in [0.4, 0.5) is 23.7 Å². The van der Waals surface area contributed by atoms with Gasteiger partial charge in [0.15, 0.2) is 0 Å². The maximum atomic E-state index is 13.8. The van der Waals surface area contributed by atoms with Gasteiger partial charge in [0.2, 0.25) is 0 Å². The third-order valence-corrected chi connectivity index (χ3v) is 7.16. The highest BCUT2D eigenvalue weighted by Crippen LogP contribution is 2.58. The lowest BCUT2D eigenvalue weighted by molar-refractivity contribution is -0.154. The lowest BCUT2D eigenvalue weighted by Crippen LogP contribution is -2.51. The molecule has 0 spiro atoms. The number of amides is 3. The Morgan fingerprint density at radius 1 is 1.17 bits per heavy atom. The molecule has 3 aliphatic rings. The molecule has 0 aromatic heterocycles. The number of urea groups is 1. The predicted molar refractivity (Wildman–Crippen MR) is 118 cm³/mol. The van der Waals surface area contributed by atoms with Crippen LogP contribution < -0.4 is 9.64 Å². The highest BCUT2D eigenvalue weighted by Gasteiger charge is 2.72. The first kappa shape index (κ1) is 23.2. The van der Waals surface area contributed by atoms with E-state index in [-0.39, 0.29) is 18.9 Å². The van der Waals surface area contributed by atoms with Crippen molar-refractivity contribution in [3.8, 4) is 5.75 Å². The number of fused-ring (bicyclic) bond motifs is 5. The number of hydrogen-bond donors (Lipinski definition) is 0. The average Bonchev–Trinajstić information content (AvgIpc) is 3.18. The van der Waals surface area contributed by atoms with E-state index in [1.165, 1.54) is 11.8 Å². The Labute approximate surface area is 199 Å². The second-order valence-electron chi connectivity index (χ2n) is 9.18. The third kappa shape index (κ3) is 3.22. The number of hydrogen-bond acceptors (Lipinski definition) is 5. The largest absolute Gasteiger partial charge is 0.493 e. The average molecular weight is 488 g/mol. The standard InChI is InChI=1S/C25H23F3N2O5/c1-4-34-21(31)19-17-12-35-18-10-5-13(2)11-16(18)20(17)30-23(33)29(22(32)24(19,30)3)15-8-6-14(7-9-15)25(26,27)28/h5-11,17,19-20H,4,12H2,1-3H3/t17-,19+,20+,24-/m1/s1. The normalized spacial score (nSPS) is 27.3. The van der Waals surface area contributed by atoms with Crippen molar-refractivity contribution in [2.45, 2.75) is 38.5 Å². The maximum absolute atomic E-state index is 13.8. The first-order valence-electron chi connectivity index (χ1n) is 11.2. The summed E-state index contributed by atoms with van der Waals surface area (Å²) >= 11 is 0. The molecule has 2 aromatic rings. The molecule has 7 nitrogen and oxygen atoms in total. The Kier molecular flexibility index (Phi) is 5.12. The molecule has 4 atom stereocenters. The molecule has 3 heterocycles. The molecule has 184 valence electrons. The molecule has 2 saturated heterocycles. The fourth-order valence-electron chi connectivity index (χ4n) is 5.64. The summed E-state index contributed by atoms with van der Waals surface area (Å²) in [5, 5.41) is 0. The molecule has 0 N–H and O–H groups in total. The summed E-state index contributed by atoms with van der Waals surface area (Å²) in [6.45, 7) is 5.25. The van der Waals surface area contributed by atoms with Gasteiger partial charge in [0.25, 0.3) is 5.91 Å². The monoisotopic (exact) mass is 488 g/mol. The molecule has 0 radical (unpaired) electrons. The van der Waals surface area contributed by atoms with Crippen molar-refractivity contribution in [1.82, 2.24) is 4.90 Å². The number of benzene rings is 2. The van der Waals surface area contributed by atoms with Gasteiger partial charge in [-0.05, 0) is 51.1 Å². The topological polar surface area (TPSA) is 76.2 Å². The Morgan fingerprint density at radius 2 is 1.86 bits per heavy atom. The second kappa shape index (κ2) is 7.73. The number of carbonyl (C=O) groups is 3. The molecule has 3 amide bonds. The van der Waals surface area contributed by atoms with Gasteiger partial charge in [-0.2, -0.15) is 13.2 Å². The zero-order valence-corrected chi connectivity index (χ0v) is 19.3. The Bertz CT molecular complexity index is 1230. The van der Waals surface area contributed by atoms with E-state index in [9.17, 15) is 27.6 Å².